The van der Waals surface area contributed by atoms with Gasteiger partial charge in [-0.2, -0.15) is 5.48 Å². The lowest BCUT2D eigenvalue weighted by atomic mass is 10.1. The number of carbonyl (C=O) groups is 2. The molecule has 1 aromatic carbocycles. The van der Waals surface area contributed by atoms with Gasteiger partial charge in [-0.05, 0) is 31.4 Å². The quantitative estimate of drug-likeness (QED) is 0.478. The van der Waals surface area contributed by atoms with Crippen molar-refractivity contribution in [1.29, 1.82) is 0 Å². The molecule has 104 valence electrons. The van der Waals surface area contributed by atoms with E-state index in [2.05, 4.69) is 5.48 Å². The molecule has 1 aromatic rings. The topological polar surface area (TPSA) is 102 Å². The molecule has 1 rings (SSSR count). The molecule has 0 aliphatic heterocycles. The number of hydroxylamine groups is 1. The van der Waals surface area contributed by atoms with Gasteiger partial charge in [-0.1, -0.05) is 18.2 Å². The highest BCUT2D eigenvalue weighted by molar-refractivity contribution is 5.89. The average molecular weight is 266 g/mol. The van der Waals surface area contributed by atoms with Crippen LogP contribution in [0.25, 0.3) is 0 Å². The Morgan fingerprint density at radius 3 is 2.58 bits per heavy atom. The molecule has 0 spiro atoms. The van der Waals surface area contributed by atoms with E-state index in [4.69, 9.17) is 15.7 Å². The predicted octanol–water partition coefficient (Wildman–Crippen LogP) is 0.930. The summed E-state index contributed by atoms with van der Waals surface area (Å²) in [5.74, 6) is -1.44. The van der Waals surface area contributed by atoms with E-state index in [1.54, 1.807) is 24.3 Å². The van der Waals surface area contributed by atoms with Crippen LogP contribution in [0.3, 0.4) is 0 Å². The van der Waals surface area contributed by atoms with E-state index in [1.165, 1.54) is 0 Å². The monoisotopic (exact) mass is 266 g/mol. The van der Waals surface area contributed by atoms with E-state index < -0.39 is 18.0 Å². The zero-order valence-electron chi connectivity index (χ0n) is 10.5. The maximum atomic E-state index is 11.5. The number of carboxylic acid groups (broad SMARTS) is 1. The van der Waals surface area contributed by atoms with Gasteiger partial charge in [0.25, 0.3) is 0 Å². The first-order chi connectivity index (χ1) is 9.11. The summed E-state index contributed by atoms with van der Waals surface area (Å²) in [4.78, 5) is 26.8. The van der Waals surface area contributed by atoms with Gasteiger partial charge in [0.05, 0.1) is 5.56 Å². The number of carboxylic acids is 1. The van der Waals surface area contributed by atoms with Gasteiger partial charge in [0.2, 0.25) is 0 Å². The fraction of sp³-hybridized carbons (Fsp3) is 0.385. The van der Waals surface area contributed by atoms with Crippen LogP contribution in [0.2, 0.25) is 0 Å². The summed E-state index contributed by atoms with van der Waals surface area (Å²) in [5.41, 5.74) is 8.37. The number of unbranched alkanes of at least 4 members (excludes halogenated alkanes) is 1. The van der Waals surface area contributed by atoms with Crippen LogP contribution in [0.1, 0.15) is 29.6 Å². The zero-order chi connectivity index (χ0) is 14.1. The SMILES string of the molecule is NC(CCCCNOC(=O)c1ccccc1)C(=O)O. The van der Waals surface area contributed by atoms with Crippen LogP contribution in [-0.2, 0) is 9.63 Å². The Bertz CT molecular complexity index is 408. The number of nitrogens with two attached hydrogens (primary N) is 1. The number of carbonyl (C=O) groups excluding carboxylic acids is 1. The van der Waals surface area contributed by atoms with E-state index in [9.17, 15) is 9.59 Å². The minimum Gasteiger partial charge on any atom is -0.480 e. The largest absolute Gasteiger partial charge is 0.480 e. The molecule has 0 saturated heterocycles. The van der Waals surface area contributed by atoms with Gasteiger partial charge < -0.3 is 15.7 Å². The van der Waals surface area contributed by atoms with Crippen molar-refractivity contribution in [3.63, 3.8) is 0 Å². The molecule has 0 bridgehead atoms. The number of hydrogen-bond donors (Lipinski definition) is 3. The Morgan fingerprint density at radius 1 is 1.26 bits per heavy atom. The number of benzene rings is 1. The minimum atomic E-state index is -0.997. The number of aliphatic carboxylic acids is 1. The van der Waals surface area contributed by atoms with Crippen molar-refractivity contribution in [1.82, 2.24) is 5.48 Å². The third kappa shape index (κ3) is 5.98. The number of rotatable bonds is 8. The molecule has 6 heteroatoms. The second kappa shape index (κ2) is 8.23. The van der Waals surface area contributed by atoms with E-state index in [0.717, 1.165) is 0 Å². The summed E-state index contributed by atoms with van der Waals surface area (Å²) in [6, 6.07) is 7.82. The third-order valence-corrected chi connectivity index (χ3v) is 2.54. The molecular formula is C13H18N2O4. The summed E-state index contributed by atoms with van der Waals surface area (Å²) >= 11 is 0. The fourth-order valence-electron chi connectivity index (χ4n) is 1.43. The van der Waals surface area contributed by atoms with Gasteiger partial charge in [-0.25, -0.2) is 4.79 Å². The van der Waals surface area contributed by atoms with E-state index in [0.29, 0.717) is 31.4 Å². The highest BCUT2D eigenvalue weighted by atomic mass is 16.7. The average Bonchev–Trinajstić information content (AvgIpc) is 2.42. The maximum Gasteiger partial charge on any atom is 0.356 e. The zero-order valence-corrected chi connectivity index (χ0v) is 10.5. The molecule has 0 amide bonds. The molecule has 0 fully saturated rings. The molecule has 0 aliphatic carbocycles. The number of hydrogen-bond acceptors (Lipinski definition) is 5. The van der Waals surface area contributed by atoms with Crippen molar-refractivity contribution in [2.24, 2.45) is 5.73 Å². The number of nitrogens with one attached hydrogen (secondary N) is 1. The van der Waals surface area contributed by atoms with Crippen LogP contribution in [-0.4, -0.2) is 29.6 Å². The summed E-state index contributed by atoms with van der Waals surface area (Å²) < 4.78 is 0. The molecule has 1 atom stereocenters. The Hall–Kier alpha value is -1.92. The second-order valence-corrected chi connectivity index (χ2v) is 4.09. The van der Waals surface area contributed by atoms with Crippen LogP contribution in [0, 0.1) is 0 Å². The molecular weight excluding hydrogens is 248 g/mol. The smallest absolute Gasteiger partial charge is 0.356 e. The molecule has 0 saturated carbocycles. The molecule has 0 aromatic heterocycles. The lowest BCUT2D eigenvalue weighted by Gasteiger charge is -2.07. The van der Waals surface area contributed by atoms with Gasteiger partial charge in [-0.15, -0.1) is 0 Å². The Kier molecular flexibility index (Phi) is 6.56. The molecule has 1 unspecified atom stereocenters. The van der Waals surface area contributed by atoms with Crippen molar-refractivity contribution in [2.75, 3.05) is 6.54 Å². The molecule has 0 aliphatic rings. The van der Waals surface area contributed by atoms with Crippen molar-refractivity contribution >= 4 is 11.9 Å². The molecule has 19 heavy (non-hydrogen) atoms. The third-order valence-electron chi connectivity index (χ3n) is 2.54. The van der Waals surface area contributed by atoms with Crippen molar-refractivity contribution in [2.45, 2.75) is 25.3 Å². The summed E-state index contributed by atoms with van der Waals surface area (Å²) in [5, 5.41) is 8.57. The van der Waals surface area contributed by atoms with Gasteiger partial charge in [0.15, 0.2) is 0 Å². The van der Waals surface area contributed by atoms with Gasteiger partial charge in [0, 0.05) is 6.54 Å². The Labute approximate surface area is 111 Å². The van der Waals surface area contributed by atoms with Crippen molar-refractivity contribution in [3.05, 3.63) is 35.9 Å². The van der Waals surface area contributed by atoms with E-state index in [-0.39, 0.29) is 0 Å². The first-order valence-electron chi connectivity index (χ1n) is 6.08. The predicted molar refractivity (Wildman–Crippen MR) is 69.3 cm³/mol. The molecule has 0 heterocycles. The Morgan fingerprint density at radius 2 is 1.95 bits per heavy atom. The van der Waals surface area contributed by atoms with Crippen molar-refractivity contribution < 1.29 is 19.5 Å². The summed E-state index contributed by atoms with van der Waals surface area (Å²) in [6.07, 6.45) is 1.75. The van der Waals surface area contributed by atoms with Crippen molar-refractivity contribution in [3.8, 4) is 0 Å². The lowest BCUT2D eigenvalue weighted by molar-refractivity contribution is -0.138. The van der Waals surface area contributed by atoms with E-state index in [1.807, 2.05) is 6.07 Å². The molecule has 4 N–H and O–H groups in total. The first-order valence-corrected chi connectivity index (χ1v) is 6.08. The lowest BCUT2D eigenvalue weighted by Crippen LogP contribution is -2.30. The maximum absolute atomic E-state index is 11.5. The summed E-state index contributed by atoms with van der Waals surface area (Å²) in [6.45, 7) is 0.463. The minimum absolute atomic E-state index is 0.406. The molecule has 6 nitrogen and oxygen atoms in total. The van der Waals surface area contributed by atoms with Gasteiger partial charge in [0.1, 0.15) is 6.04 Å². The van der Waals surface area contributed by atoms with Gasteiger partial charge in [-0.3, -0.25) is 4.79 Å². The Balaban J connectivity index is 2.08. The first kappa shape index (κ1) is 15.1. The van der Waals surface area contributed by atoms with E-state index >= 15 is 0 Å². The van der Waals surface area contributed by atoms with Crippen LogP contribution in [0.5, 0.6) is 0 Å². The fourth-order valence-corrected chi connectivity index (χ4v) is 1.43. The highest BCUT2D eigenvalue weighted by Gasteiger charge is 2.10. The van der Waals surface area contributed by atoms with Crippen LogP contribution >= 0.6 is 0 Å². The normalized spacial score (nSPS) is 11.8. The van der Waals surface area contributed by atoms with Crippen LogP contribution in [0.4, 0.5) is 0 Å². The van der Waals surface area contributed by atoms with Crippen LogP contribution < -0.4 is 11.2 Å². The van der Waals surface area contributed by atoms with Gasteiger partial charge >= 0.3 is 11.9 Å². The summed E-state index contributed by atoms with van der Waals surface area (Å²) in [7, 11) is 0. The highest BCUT2D eigenvalue weighted by Crippen LogP contribution is 2.01. The molecule has 0 radical (unpaired) electrons. The standard InChI is InChI=1S/C13H18N2O4/c14-11(12(16)17)8-4-5-9-15-19-13(18)10-6-2-1-3-7-10/h1-3,6-7,11,15H,4-5,8-9,14H2,(H,16,17). The second-order valence-electron chi connectivity index (χ2n) is 4.09. The van der Waals surface area contributed by atoms with Crippen LogP contribution in [0.15, 0.2) is 30.3 Å².